The second-order valence-corrected chi connectivity index (χ2v) is 7.27. The van der Waals surface area contributed by atoms with Gasteiger partial charge in [-0.05, 0) is 26.3 Å². The largest absolute Gasteiger partial charge is 0.492 e. The van der Waals surface area contributed by atoms with Gasteiger partial charge in [0.15, 0.2) is 0 Å². The Bertz CT molecular complexity index is 822. The number of aryl methyl sites for hydroxylation is 2. The number of hydrogen-bond acceptors (Lipinski definition) is 5. The highest BCUT2D eigenvalue weighted by molar-refractivity contribution is 6.08. The van der Waals surface area contributed by atoms with Crippen LogP contribution in [0.4, 0.5) is 0 Å². The lowest BCUT2D eigenvalue weighted by Crippen LogP contribution is -2.66. The molecule has 1 aromatic carbocycles. The Morgan fingerprint density at radius 2 is 1.76 bits per heavy atom. The van der Waals surface area contributed by atoms with Crippen molar-refractivity contribution in [1.29, 1.82) is 0 Å². The van der Waals surface area contributed by atoms with Crippen molar-refractivity contribution in [1.82, 2.24) is 5.32 Å². The number of hydrogen-bond donors (Lipinski definition) is 1. The van der Waals surface area contributed by atoms with Gasteiger partial charge in [-0.3, -0.25) is 14.9 Å². The number of benzene rings is 1. The molecule has 6 nitrogen and oxygen atoms in total. The maximum atomic E-state index is 12.1. The van der Waals surface area contributed by atoms with Crippen molar-refractivity contribution >= 4 is 17.8 Å². The fourth-order valence-corrected chi connectivity index (χ4v) is 4.48. The van der Waals surface area contributed by atoms with Crippen molar-refractivity contribution in [3.05, 3.63) is 46.7 Å². The molecule has 0 unspecified atom stereocenters. The second kappa shape index (κ2) is 5.18. The van der Waals surface area contributed by atoms with Crippen molar-refractivity contribution in [2.75, 3.05) is 0 Å². The van der Waals surface area contributed by atoms with Crippen LogP contribution in [-0.2, 0) is 30.5 Å². The van der Waals surface area contributed by atoms with Crippen LogP contribution in [0.5, 0.6) is 0 Å². The van der Waals surface area contributed by atoms with E-state index < -0.39 is 29.3 Å². The minimum atomic E-state index is -1.02. The zero-order valence-electron chi connectivity index (χ0n) is 14.3. The SMILES string of the molecule is Cc1cc(C)cc(COC2=CC(=O)O[C@]3(C)[C@@H]4C(=O)NC(=O)[C@@H]4[C@H]23)c1. The molecule has 4 atom stereocenters. The van der Waals surface area contributed by atoms with Crippen LogP contribution in [0.15, 0.2) is 30.0 Å². The molecule has 0 aromatic heterocycles. The van der Waals surface area contributed by atoms with Crippen LogP contribution in [0.2, 0.25) is 0 Å². The average molecular weight is 341 g/mol. The predicted octanol–water partition coefficient (Wildman–Crippen LogP) is 1.54. The Morgan fingerprint density at radius 3 is 2.44 bits per heavy atom. The molecule has 0 spiro atoms. The summed E-state index contributed by atoms with van der Waals surface area (Å²) >= 11 is 0. The molecule has 0 radical (unpaired) electrons. The standard InChI is InChI=1S/C19H19NO5/c1-9-4-10(2)6-11(5-9)8-24-12-7-13(21)25-19(3)15(12)14-16(19)18(23)20-17(14)22/h4-7,14-16H,8H2,1-3H3,(H,20,22,23)/t14-,15+,16+,19+/m1/s1. The number of carbonyl (C=O) groups excluding carboxylic acids is 3. The van der Waals surface area contributed by atoms with E-state index in [1.165, 1.54) is 6.08 Å². The third-order valence-corrected chi connectivity index (χ3v) is 5.36. The van der Waals surface area contributed by atoms with Gasteiger partial charge in [0.2, 0.25) is 11.8 Å². The molecule has 1 saturated carbocycles. The van der Waals surface area contributed by atoms with Crippen LogP contribution >= 0.6 is 0 Å². The fourth-order valence-electron chi connectivity index (χ4n) is 4.48. The molecule has 2 amide bonds. The molecule has 1 saturated heterocycles. The maximum Gasteiger partial charge on any atom is 0.334 e. The third kappa shape index (κ3) is 2.27. The Labute approximate surface area is 145 Å². The molecule has 3 aliphatic rings. The number of carbonyl (C=O) groups is 3. The number of fused-ring (bicyclic) bond motifs is 4. The Morgan fingerprint density at radius 1 is 1.08 bits per heavy atom. The maximum absolute atomic E-state index is 12.1. The first-order valence-corrected chi connectivity index (χ1v) is 8.29. The number of amides is 2. The molecule has 1 aliphatic carbocycles. The zero-order chi connectivity index (χ0) is 17.9. The molecule has 2 heterocycles. The van der Waals surface area contributed by atoms with Crippen LogP contribution in [0, 0.1) is 31.6 Å². The van der Waals surface area contributed by atoms with Gasteiger partial charge in [0.1, 0.15) is 18.0 Å². The fraction of sp³-hybridized carbons (Fsp3) is 0.421. The van der Waals surface area contributed by atoms with E-state index in [9.17, 15) is 14.4 Å². The molecule has 2 aliphatic heterocycles. The third-order valence-electron chi connectivity index (χ3n) is 5.36. The molecule has 4 rings (SSSR count). The van der Waals surface area contributed by atoms with E-state index in [0.717, 1.165) is 16.7 Å². The second-order valence-electron chi connectivity index (χ2n) is 7.27. The smallest absolute Gasteiger partial charge is 0.334 e. The van der Waals surface area contributed by atoms with Crippen molar-refractivity contribution in [3.8, 4) is 0 Å². The lowest BCUT2D eigenvalue weighted by molar-refractivity contribution is -0.212. The summed E-state index contributed by atoms with van der Waals surface area (Å²) in [4.78, 5) is 36.0. The highest BCUT2D eigenvalue weighted by Gasteiger charge is 2.73. The first kappa shape index (κ1) is 15.9. The number of rotatable bonds is 3. The van der Waals surface area contributed by atoms with E-state index in [1.807, 2.05) is 26.0 Å². The number of ether oxygens (including phenoxy) is 2. The summed E-state index contributed by atoms with van der Waals surface area (Å²) in [5, 5.41) is 2.33. The van der Waals surface area contributed by atoms with E-state index >= 15 is 0 Å². The summed E-state index contributed by atoms with van der Waals surface area (Å²) in [5.41, 5.74) is 2.22. The first-order valence-electron chi connectivity index (χ1n) is 8.29. The van der Waals surface area contributed by atoms with Gasteiger partial charge in [-0.25, -0.2) is 4.79 Å². The van der Waals surface area contributed by atoms with Crippen LogP contribution in [-0.4, -0.2) is 23.4 Å². The lowest BCUT2D eigenvalue weighted by atomic mass is 9.53. The van der Waals surface area contributed by atoms with E-state index in [-0.39, 0.29) is 11.8 Å². The quantitative estimate of drug-likeness (QED) is 0.666. The van der Waals surface area contributed by atoms with Gasteiger partial charge in [-0.15, -0.1) is 0 Å². The highest BCUT2D eigenvalue weighted by atomic mass is 16.6. The van der Waals surface area contributed by atoms with Gasteiger partial charge < -0.3 is 9.47 Å². The molecule has 1 aromatic rings. The van der Waals surface area contributed by atoms with E-state index in [2.05, 4.69) is 11.4 Å². The molecule has 130 valence electrons. The molecule has 1 N–H and O–H groups in total. The Kier molecular flexibility index (Phi) is 3.29. The minimum absolute atomic E-state index is 0.293. The lowest BCUT2D eigenvalue weighted by Gasteiger charge is -2.54. The van der Waals surface area contributed by atoms with Gasteiger partial charge >= 0.3 is 5.97 Å². The van der Waals surface area contributed by atoms with E-state index in [4.69, 9.17) is 9.47 Å². The summed E-state index contributed by atoms with van der Waals surface area (Å²) in [6.07, 6.45) is 1.29. The zero-order valence-corrected chi connectivity index (χ0v) is 14.3. The summed E-state index contributed by atoms with van der Waals surface area (Å²) < 4.78 is 11.3. The molecular formula is C19H19NO5. The van der Waals surface area contributed by atoms with Crippen molar-refractivity contribution in [3.63, 3.8) is 0 Å². The van der Waals surface area contributed by atoms with Gasteiger partial charge in [0, 0.05) is 0 Å². The van der Waals surface area contributed by atoms with Crippen LogP contribution in [0.1, 0.15) is 23.6 Å². The molecule has 2 fully saturated rings. The molecule has 6 heteroatoms. The van der Waals surface area contributed by atoms with E-state index in [1.54, 1.807) is 6.92 Å². The summed E-state index contributed by atoms with van der Waals surface area (Å²) in [6.45, 7) is 6.01. The monoisotopic (exact) mass is 341 g/mol. The summed E-state index contributed by atoms with van der Waals surface area (Å²) in [7, 11) is 0. The number of nitrogens with one attached hydrogen (secondary N) is 1. The molecule has 25 heavy (non-hydrogen) atoms. The Balaban J connectivity index is 1.60. The molecular weight excluding hydrogens is 322 g/mol. The van der Waals surface area contributed by atoms with Crippen LogP contribution < -0.4 is 5.32 Å². The first-order chi connectivity index (χ1) is 11.8. The van der Waals surface area contributed by atoms with Crippen molar-refractivity contribution < 1.29 is 23.9 Å². The normalized spacial score (nSPS) is 32.8. The van der Waals surface area contributed by atoms with Crippen LogP contribution in [0.25, 0.3) is 0 Å². The van der Waals surface area contributed by atoms with Gasteiger partial charge in [0.05, 0.1) is 23.8 Å². The minimum Gasteiger partial charge on any atom is -0.492 e. The van der Waals surface area contributed by atoms with Crippen molar-refractivity contribution in [2.24, 2.45) is 17.8 Å². The summed E-state index contributed by atoms with van der Waals surface area (Å²) in [5.74, 6) is -2.41. The number of imide groups is 1. The van der Waals surface area contributed by atoms with Gasteiger partial charge in [-0.2, -0.15) is 0 Å². The number of esters is 1. The average Bonchev–Trinajstić information content (AvgIpc) is 2.74. The highest BCUT2D eigenvalue weighted by Crippen LogP contribution is 2.58. The topological polar surface area (TPSA) is 81.7 Å². The molecule has 0 bridgehead atoms. The summed E-state index contributed by atoms with van der Waals surface area (Å²) in [6, 6.07) is 6.11. The van der Waals surface area contributed by atoms with Crippen LogP contribution in [0.3, 0.4) is 0 Å². The van der Waals surface area contributed by atoms with Gasteiger partial charge in [-0.1, -0.05) is 29.3 Å². The van der Waals surface area contributed by atoms with Gasteiger partial charge in [0.25, 0.3) is 0 Å². The van der Waals surface area contributed by atoms with Crippen molar-refractivity contribution in [2.45, 2.75) is 33.0 Å². The Hall–Kier alpha value is -2.63. The van der Waals surface area contributed by atoms with E-state index in [0.29, 0.717) is 12.4 Å². The predicted molar refractivity (Wildman–Crippen MR) is 86.9 cm³/mol.